The number of hydrogen-bond acceptors (Lipinski definition) is 4. The highest BCUT2D eigenvalue weighted by Gasteiger charge is 2.34. The lowest BCUT2D eigenvalue weighted by Gasteiger charge is -2.37. The van der Waals surface area contributed by atoms with Crippen LogP contribution in [-0.4, -0.2) is 71.7 Å². The zero-order valence-corrected chi connectivity index (χ0v) is 22.1. The van der Waals surface area contributed by atoms with Gasteiger partial charge in [-0.1, -0.05) is 24.3 Å². The van der Waals surface area contributed by atoms with Crippen LogP contribution in [0.3, 0.4) is 0 Å². The Kier molecular flexibility index (Phi) is 8.01. The molecule has 184 valence electrons. The van der Waals surface area contributed by atoms with Crippen molar-refractivity contribution in [2.24, 2.45) is 5.41 Å². The van der Waals surface area contributed by atoms with Gasteiger partial charge >= 0.3 is 0 Å². The lowest BCUT2D eigenvalue weighted by Crippen LogP contribution is -2.44. The molecule has 3 heterocycles. The van der Waals surface area contributed by atoms with Gasteiger partial charge in [-0.15, -0.1) is 22.9 Å². The van der Waals surface area contributed by atoms with Gasteiger partial charge in [-0.2, -0.15) is 0 Å². The first-order valence-electron chi connectivity index (χ1n) is 12.3. The van der Waals surface area contributed by atoms with Gasteiger partial charge in [-0.05, 0) is 61.7 Å². The van der Waals surface area contributed by atoms with Crippen LogP contribution in [0.2, 0.25) is 0 Å². The van der Waals surface area contributed by atoms with Crippen molar-refractivity contribution in [1.82, 2.24) is 14.7 Å². The second-order valence-electron chi connectivity index (χ2n) is 10.1. The Morgan fingerprint density at radius 1 is 1.03 bits per heavy atom. The summed E-state index contributed by atoms with van der Waals surface area (Å²) in [6.45, 7) is 10.2. The van der Waals surface area contributed by atoms with E-state index in [0.717, 1.165) is 25.9 Å². The number of alkyl halides is 1. The molecule has 1 atom stereocenters. The van der Waals surface area contributed by atoms with E-state index in [4.69, 9.17) is 11.6 Å². The van der Waals surface area contributed by atoms with Gasteiger partial charge in [-0.25, -0.2) is 0 Å². The summed E-state index contributed by atoms with van der Waals surface area (Å²) < 4.78 is 0. The minimum absolute atomic E-state index is 0.0813. The SMILES string of the molecule is Cc1ccccc1[C@H]1c2ccsc2CCN1CCC(=O)N1CCCN(C(=O)C(C)(C)CCl)CC1. The average Bonchev–Trinajstić information content (AvgIpc) is 3.18. The molecule has 2 aliphatic rings. The van der Waals surface area contributed by atoms with Gasteiger partial charge in [0.25, 0.3) is 0 Å². The molecule has 0 saturated carbocycles. The van der Waals surface area contributed by atoms with E-state index >= 15 is 0 Å². The number of rotatable bonds is 6. The first-order chi connectivity index (χ1) is 16.3. The minimum Gasteiger partial charge on any atom is -0.341 e. The van der Waals surface area contributed by atoms with Crippen LogP contribution >= 0.6 is 22.9 Å². The normalized spacial score (nSPS) is 19.6. The lowest BCUT2D eigenvalue weighted by molar-refractivity contribution is -0.139. The maximum Gasteiger partial charge on any atom is 0.229 e. The molecule has 0 unspecified atom stereocenters. The molecular formula is C27H36ClN3O2S. The van der Waals surface area contributed by atoms with E-state index in [0.29, 0.717) is 38.5 Å². The zero-order valence-electron chi connectivity index (χ0n) is 20.6. The van der Waals surface area contributed by atoms with Gasteiger partial charge in [-0.3, -0.25) is 14.5 Å². The van der Waals surface area contributed by atoms with Gasteiger partial charge < -0.3 is 9.80 Å². The van der Waals surface area contributed by atoms with Crippen molar-refractivity contribution in [3.63, 3.8) is 0 Å². The summed E-state index contributed by atoms with van der Waals surface area (Å²) in [5.74, 6) is 0.567. The molecule has 2 aromatic rings. The zero-order chi connectivity index (χ0) is 24.3. The summed E-state index contributed by atoms with van der Waals surface area (Å²) in [6.07, 6.45) is 2.35. The Labute approximate surface area is 212 Å². The maximum absolute atomic E-state index is 13.2. The van der Waals surface area contributed by atoms with Gasteiger partial charge in [0.1, 0.15) is 0 Å². The predicted molar refractivity (Wildman–Crippen MR) is 140 cm³/mol. The Morgan fingerprint density at radius 3 is 2.53 bits per heavy atom. The Balaban J connectivity index is 1.40. The smallest absolute Gasteiger partial charge is 0.229 e. The molecule has 7 heteroatoms. The van der Waals surface area contributed by atoms with E-state index in [9.17, 15) is 9.59 Å². The van der Waals surface area contributed by atoms with Crippen molar-refractivity contribution in [3.8, 4) is 0 Å². The minimum atomic E-state index is -0.569. The molecule has 2 amide bonds. The van der Waals surface area contributed by atoms with E-state index in [2.05, 4.69) is 47.5 Å². The number of benzene rings is 1. The van der Waals surface area contributed by atoms with Gasteiger partial charge in [0.2, 0.25) is 11.8 Å². The number of nitrogens with zero attached hydrogens (tertiary/aromatic N) is 3. The van der Waals surface area contributed by atoms with Crippen molar-refractivity contribution < 1.29 is 9.59 Å². The topological polar surface area (TPSA) is 43.9 Å². The number of carbonyl (C=O) groups excluding carboxylic acids is 2. The molecule has 0 spiro atoms. The van der Waals surface area contributed by atoms with Crippen LogP contribution in [0, 0.1) is 12.3 Å². The third-order valence-electron chi connectivity index (χ3n) is 7.21. The molecule has 2 aliphatic heterocycles. The van der Waals surface area contributed by atoms with Crippen molar-refractivity contribution >= 4 is 34.8 Å². The Hall–Kier alpha value is -1.89. The highest BCUT2D eigenvalue weighted by atomic mass is 35.5. The van der Waals surface area contributed by atoms with Crippen LogP contribution in [-0.2, 0) is 16.0 Å². The van der Waals surface area contributed by atoms with Crippen molar-refractivity contribution in [2.45, 2.75) is 46.1 Å². The molecular weight excluding hydrogens is 466 g/mol. The molecule has 4 rings (SSSR count). The van der Waals surface area contributed by atoms with Crippen molar-refractivity contribution in [3.05, 3.63) is 57.3 Å². The second kappa shape index (κ2) is 10.8. The highest BCUT2D eigenvalue weighted by Crippen LogP contribution is 2.38. The molecule has 5 nitrogen and oxygen atoms in total. The number of carbonyl (C=O) groups is 2. The molecule has 0 radical (unpaired) electrons. The number of amides is 2. The fourth-order valence-corrected chi connectivity index (χ4v) is 6.14. The van der Waals surface area contributed by atoms with E-state index in [1.165, 1.54) is 21.6 Å². The predicted octanol–water partition coefficient (Wildman–Crippen LogP) is 4.72. The standard InChI is InChI=1S/C27H36ClN3O2S/c1-20-7-4-5-8-21(20)25-22-11-18-34-23(22)9-14-30(25)15-10-24(32)29-12-6-13-31(17-16-29)26(33)27(2,3)19-28/h4-5,7-8,11,18,25H,6,9-10,12-17,19H2,1-3H3/t25-/m0/s1. The summed E-state index contributed by atoms with van der Waals surface area (Å²) in [5.41, 5.74) is 3.45. The Morgan fingerprint density at radius 2 is 1.76 bits per heavy atom. The van der Waals surface area contributed by atoms with Gasteiger partial charge in [0.15, 0.2) is 0 Å². The maximum atomic E-state index is 13.2. The molecule has 34 heavy (non-hydrogen) atoms. The first kappa shape index (κ1) is 25.2. The van der Waals surface area contributed by atoms with E-state index in [-0.39, 0.29) is 17.9 Å². The van der Waals surface area contributed by atoms with E-state index < -0.39 is 5.41 Å². The summed E-state index contributed by atoms with van der Waals surface area (Å²) in [5, 5.41) is 2.19. The fraction of sp³-hybridized carbons (Fsp3) is 0.556. The van der Waals surface area contributed by atoms with Crippen molar-refractivity contribution in [2.75, 3.05) is 45.1 Å². The number of fused-ring (bicyclic) bond motifs is 1. The largest absolute Gasteiger partial charge is 0.341 e. The molecule has 0 aliphatic carbocycles. The van der Waals surface area contributed by atoms with Crippen LogP contribution in [0.5, 0.6) is 0 Å². The summed E-state index contributed by atoms with van der Waals surface area (Å²) in [4.78, 5) is 33.8. The molecule has 1 aromatic heterocycles. The number of aryl methyl sites for hydroxylation is 1. The van der Waals surface area contributed by atoms with E-state index in [1.807, 2.05) is 35.0 Å². The number of thiophene rings is 1. The van der Waals surface area contributed by atoms with E-state index in [1.54, 1.807) is 0 Å². The van der Waals surface area contributed by atoms with Gasteiger partial charge in [0.05, 0.1) is 11.5 Å². The van der Waals surface area contributed by atoms with Crippen molar-refractivity contribution in [1.29, 1.82) is 0 Å². The Bertz CT molecular complexity index is 1020. The summed E-state index contributed by atoms with van der Waals surface area (Å²) in [6, 6.07) is 11.1. The highest BCUT2D eigenvalue weighted by molar-refractivity contribution is 7.10. The third-order valence-corrected chi connectivity index (χ3v) is 8.88. The van der Waals surface area contributed by atoms with Crippen LogP contribution in [0.25, 0.3) is 0 Å². The second-order valence-corrected chi connectivity index (χ2v) is 11.4. The monoisotopic (exact) mass is 501 g/mol. The lowest BCUT2D eigenvalue weighted by atomic mass is 9.90. The average molecular weight is 502 g/mol. The van der Waals surface area contributed by atoms with Gasteiger partial charge in [0, 0.05) is 56.4 Å². The number of hydrogen-bond donors (Lipinski definition) is 0. The molecule has 1 saturated heterocycles. The quantitative estimate of drug-likeness (QED) is 0.538. The first-order valence-corrected chi connectivity index (χ1v) is 13.7. The molecule has 1 aromatic carbocycles. The molecule has 0 N–H and O–H groups in total. The van der Waals surface area contributed by atoms with Crippen LogP contribution < -0.4 is 0 Å². The summed E-state index contributed by atoms with van der Waals surface area (Å²) >= 11 is 7.86. The fourth-order valence-electron chi connectivity index (χ4n) is 5.12. The molecule has 0 bridgehead atoms. The van der Waals surface area contributed by atoms with Crippen LogP contribution in [0.15, 0.2) is 35.7 Å². The third kappa shape index (κ3) is 5.34. The number of halogens is 1. The van der Waals surface area contributed by atoms with Crippen LogP contribution in [0.4, 0.5) is 0 Å². The molecule has 1 fully saturated rings. The van der Waals surface area contributed by atoms with Crippen LogP contribution in [0.1, 0.15) is 54.3 Å². The summed E-state index contributed by atoms with van der Waals surface area (Å²) in [7, 11) is 0.